The molecule has 1 aromatic heterocycles. The molecular weight excluding hydrogens is 278 g/mol. The smallest absolute Gasteiger partial charge is 0.268 e. The minimum absolute atomic E-state index is 0.0846. The quantitative estimate of drug-likeness (QED) is 0.753. The minimum atomic E-state index is -0.552. The maximum Gasteiger partial charge on any atom is 0.284 e. The average molecular weight is 284 g/mol. The third-order valence-electron chi connectivity index (χ3n) is 2.97. The van der Waals surface area contributed by atoms with Crippen LogP contribution in [0.3, 0.4) is 0 Å². The number of hydrogen-bond donors (Lipinski definition) is 0. The molecule has 96 valence electrons. The summed E-state index contributed by atoms with van der Waals surface area (Å²) in [6.45, 7) is 0. The summed E-state index contributed by atoms with van der Waals surface area (Å²) < 4.78 is 0. The maximum atomic E-state index is 12.3. The fourth-order valence-corrected chi connectivity index (χ4v) is 2.24. The van der Waals surface area contributed by atoms with Crippen molar-refractivity contribution in [2.45, 2.75) is 0 Å². The number of benzene rings is 1. The van der Waals surface area contributed by atoms with Crippen LogP contribution in [0.4, 0.5) is 5.69 Å². The molecule has 2 aromatic rings. The second-order valence-corrected chi connectivity index (χ2v) is 4.55. The lowest BCUT2D eigenvalue weighted by Crippen LogP contribution is -2.30. The zero-order chi connectivity index (χ0) is 14.3. The summed E-state index contributed by atoms with van der Waals surface area (Å²) in [7, 11) is 0. The number of carbonyl (C=O) groups excluding carboxylic acids is 2. The van der Waals surface area contributed by atoms with Gasteiger partial charge in [0, 0.05) is 11.2 Å². The summed E-state index contributed by atoms with van der Waals surface area (Å²) in [6.07, 6.45) is 1.44. The number of anilines is 1. The topological polar surface area (TPSA) is 74.1 Å². The number of imide groups is 1. The number of aromatic nitrogens is 1. The Balaban J connectivity index is 2.19. The molecule has 0 bridgehead atoms. The summed E-state index contributed by atoms with van der Waals surface area (Å²) in [5, 5.41) is 9.44. The third kappa shape index (κ3) is 1.67. The number of fused-ring (bicyclic) bond motifs is 1. The molecule has 0 N–H and O–H groups in total. The van der Waals surface area contributed by atoms with E-state index >= 15 is 0 Å². The fourth-order valence-electron chi connectivity index (χ4n) is 2.07. The van der Waals surface area contributed by atoms with E-state index in [4.69, 9.17) is 16.9 Å². The summed E-state index contributed by atoms with van der Waals surface area (Å²) in [6, 6.07) is 9.46. The van der Waals surface area contributed by atoms with Crippen LogP contribution in [0.5, 0.6) is 0 Å². The molecule has 0 saturated heterocycles. The molecule has 0 radical (unpaired) electrons. The van der Waals surface area contributed by atoms with Crippen molar-refractivity contribution in [3.63, 3.8) is 0 Å². The van der Waals surface area contributed by atoms with Gasteiger partial charge in [-0.25, -0.2) is 4.90 Å². The van der Waals surface area contributed by atoms with Gasteiger partial charge in [0.2, 0.25) is 0 Å². The van der Waals surface area contributed by atoms with Crippen LogP contribution >= 0.6 is 11.6 Å². The lowest BCUT2D eigenvalue weighted by Gasteiger charge is -2.15. The van der Waals surface area contributed by atoms with Crippen LogP contribution < -0.4 is 4.90 Å². The van der Waals surface area contributed by atoms with Crippen molar-refractivity contribution >= 4 is 29.1 Å². The van der Waals surface area contributed by atoms with Gasteiger partial charge in [0.15, 0.2) is 0 Å². The number of halogens is 1. The van der Waals surface area contributed by atoms with E-state index in [2.05, 4.69) is 4.98 Å². The van der Waals surface area contributed by atoms with E-state index in [0.29, 0.717) is 5.02 Å². The summed E-state index contributed by atoms with van der Waals surface area (Å²) in [4.78, 5) is 29.4. The van der Waals surface area contributed by atoms with Gasteiger partial charge in [-0.1, -0.05) is 11.6 Å². The number of nitriles is 1. The number of pyridine rings is 1. The highest BCUT2D eigenvalue weighted by Gasteiger charge is 2.38. The largest absolute Gasteiger partial charge is 0.284 e. The van der Waals surface area contributed by atoms with Crippen LogP contribution in [0.2, 0.25) is 5.02 Å². The molecule has 3 rings (SSSR count). The van der Waals surface area contributed by atoms with E-state index < -0.39 is 11.8 Å². The Kier molecular flexibility index (Phi) is 2.74. The predicted molar refractivity (Wildman–Crippen MR) is 71.5 cm³/mol. The van der Waals surface area contributed by atoms with Gasteiger partial charge in [0.25, 0.3) is 11.8 Å². The number of nitrogens with zero attached hydrogens (tertiary/aromatic N) is 3. The Morgan fingerprint density at radius 1 is 1.20 bits per heavy atom. The molecule has 1 aromatic carbocycles. The van der Waals surface area contributed by atoms with Gasteiger partial charge in [0.05, 0.1) is 16.8 Å². The molecule has 0 fully saturated rings. The molecule has 0 spiro atoms. The number of amides is 2. The first kappa shape index (κ1) is 12.3. The first-order chi connectivity index (χ1) is 9.63. The Morgan fingerprint density at radius 3 is 2.70 bits per heavy atom. The van der Waals surface area contributed by atoms with Crippen LogP contribution in [0, 0.1) is 11.3 Å². The third-order valence-corrected chi connectivity index (χ3v) is 3.20. The zero-order valence-electron chi connectivity index (χ0n) is 10.0. The van der Waals surface area contributed by atoms with Crippen molar-refractivity contribution in [2.24, 2.45) is 0 Å². The number of rotatable bonds is 1. The maximum absolute atomic E-state index is 12.3. The van der Waals surface area contributed by atoms with Crippen molar-refractivity contribution < 1.29 is 9.59 Å². The first-order valence-electron chi connectivity index (χ1n) is 5.67. The van der Waals surface area contributed by atoms with Crippen molar-refractivity contribution in [3.05, 3.63) is 58.4 Å². The Bertz CT molecular complexity index is 760. The predicted octanol–water partition coefficient (Wildman–Crippen LogP) is 2.41. The lowest BCUT2D eigenvalue weighted by molar-refractivity contribution is 0.0924. The molecule has 0 unspecified atom stereocenters. The SMILES string of the molecule is N#Cc1ccc(Cl)cc1N1C(=O)c2cccnc2C1=O. The molecule has 1 aliphatic heterocycles. The van der Waals surface area contributed by atoms with Gasteiger partial charge < -0.3 is 0 Å². The Morgan fingerprint density at radius 2 is 2.00 bits per heavy atom. The van der Waals surface area contributed by atoms with E-state index in [1.807, 2.05) is 6.07 Å². The van der Waals surface area contributed by atoms with Crippen molar-refractivity contribution in [3.8, 4) is 6.07 Å². The van der Waals surface area contributed by atoms with Crippen molar-refractivity contribution in [1.82, 2.24) is 4.98 Å². The van der Waals surface area contributed by atoms with E-state index in [9.17, 15) is 9.59 Å². The van der Waals surface area contributed by atoms with Crippen molar-refractivity contribution in [1.29, 1.82) is 5.26 Å². The zero-order valence-corrected chi connectivity index (χ0v) is 10.8. The molecule has 0 saturated carbocycles. The lowest BCUT2D eigenvalue weighted by atomic mass is 10.1. The summed E-state index contributed by atoms with van der Waals surface area (Å²) >= 11 is 5.88. The van der Waals surface area contributed by atoms with E-state index in [1.54, 1.807) is 6.07 Å². The van der Waals surface area contributed by atoms with Crippen LogP contribution in [0.1, 0.15) is 26.4 Å². The van der Waals surface area contributed by atoms with E-state index in [0.717, 1.165) is 4.90 Å². The van der Waals surface area contributed by atoms with E-state index in [1.165, 1.54) is 30.5 Å². The molecule has 0 atom stereocenters. The Hall–Kier alpha value is -2.71. The van der Waals surface area contributed by atoms with Gasteiger partial charge >= 0.3 is 0 Å². The highest BCUT2D eigenvalue weighted by Crippen LogP contribution is 2.31. The Labute approximate surface area is 119 Å². The monoisotopic (exact) mass is 283 g/mol. The number of carbonyl (C=O) groups is 2. The van der Waals surface area contributed by atoms with Crippen LogP contribution in [0.15, 0.2) is 36.5 Å². The highest BCUT2D eigenvalue weighted by atomic mass is 35.5. The van der Waals surface area contributed by atoms with Crippen LogP contribution in [0.25, 0.3) is 0 Å². The van der Waals surface area contributed by atoms with Gasteiger partial charge in [-0.3, -0.25) is 14.6 Å². The highest BCUT2D eigenvalue weighted by molar-refractivity contribution is 6.35. The molecule has 20 heavy (non-hydrogen) atoms. The molecule has 1 aliphatic rings. The van der Waals surface area contributed by atoms with Gasteiger partial charge in [-0.05, 0) is 30.3 Å². The second-order valence-electron chi connectivity index (χ2n) is 4.12. The van der Waals surface area contributed by atoms with Gasteiger partial charge in [-0.2, -0.15) is 5.26 Å². The fraction of sp³-hybridized carbons (Fsp3) is 0. The number of hydrogen-bond acceptors (Lipinski definition) is 4. The van der Waals surface area contributed by atoms with Crippen LogP contribution in [-0.2, 0) is 0 Å². The van der Waals surface area contributed by atoms with Gasteiger partial charge in [0.1, 0.15) is 11.8 Å². The standard InChI is InChI=1S/C14H6ClN3O2/c15-9-4-3-8(7-16)11(6-9)18-13(19)10-2-1-5-17-12(10)14(18)20/h1-6H. The van der Waals surface area contributed by atoms with Crippen molar-refractivity contribution in [2.75, 3.05) is 4.90 Å². The second kappa shape index (κ2) is 4.44. The minimum Gasteiger partial charge on any atom is -0.268 e. The normalized spacial score (nSPS) is 13.3. The molecule has 2 amide bonds. The summed E-state index contributed by atoms with van der Waals surface area (Å²) in [5.74, 6) is -1.05. The molecule has 0 aliphatic carbocycles. The average Bonchev–Trinajstić information content (AvgIpc) is 2.71. The van der Waals surface area contributed by atoms with Gasteiger partial charge in [-0.15, -0.1) is 0 Å². The summed E-state index contributed by atoms with van der Waals surface area (Å²) in [5.41, 5.74) is 0.680. The van der Waals surface area contributed by atoms with Crippen LogP contribution in [-0.4, -0.2) is 16.8 Å². The molecule has 6 heteroatoms. The first-order valence-corrected chi connectivity index (χ1v) is 6.04. The molecular formula is C14H6ClN3O2. The van der Waals surface area contributed by atoms with E-state index in [-0.39, 0.29) is 22.5 Å². The molecule has 2 heterocycles. The molecule has 5 nitrogen and oxygen atoms in total.